The Hall–Kier alpha value is -3.42. The lowest BCUT2D eigenvalue weighted by atomic mass is 10.1. The second-order valence-electron chi connectivity index (χ2n) is 5.68. The molecule has 0 radical (unpaired) electrons. The highest BCUT2D eigenvalue weighted by Crippen LogP contribution is 2.26. The van der Waals surface area contributed by atoms with E-state index in [1.54, 1.807) is 53.8 Å². The van der Waals surface area contributed by atoms with Crippen molar-refractivity contribution in [3.05, 3.63) is 59.5 Å². The smallest absolute Gasteiger partial charge is 0.281 e. The van der Waals surface area contributed by atoms with Crippen LogP contribution in [0.25, 0.3) is 27.8 Å². The Morgan fingerprint density at radius 3 is 2.73 bits per heavy atom. The minimum absolute atomic E-state index is 0.175. The largest absolute Gasteiger partial charge is 0.463 e. The van der Waals surface area contributed by atoms with Crippen LogP contribution in [0.5, 0.6) is 5.75 Å². The number of nitrogens with zero attached hydrogens (tertiary/aromatic N) is 4. The number of aromatic nitrogens is 5. The van der Waals surface area contributed by atoms with E-state index in [9.17, 15) is 9.18 Å². The predicted octanol–water partition coefficient (Wildman–Crippen LogP) is 2.90. The zero-order valence-corrected chi connectivity index (χ0v) is 14.0. The first-order valence-corrected chi connectivity index (χ1v) is 8.11. The molecular formula is C18H16FN5O2. The molecule has 3 heterocycles. The number of ether oxygens (including phenoxy) is 1. The average molecular weight is 353 g/mol. The quantitative estimate of drug-likeness (QED) is 0.598. The fourth-order valence-corrected chi connectivity index (χ4v) is 2.97. The zero-order chi connectivity index (χ0) is 18.1. The Morgan fingerprint density at radius 1 is 1.27 bits per heavy atom. The van der Waals surface area contributed by atoms with Gasteiger partial charge in [0.15, 0.2) is 0 Å². The minimum Gasteiger partial charge on any atom is -0.463 e. The van der Waals surface area contributed by atoms with Crippen molar-refractivity contribution < 1.29 is 9.13 Å². The summed E-state index contributed by atoms with van der Waals surface area (Å²) in [6.45, 7) is 1.69. The summed E-state index contributed by atoms with van der Waals surface area (Å²) in [4.78, 5) is 17.5. The molecule has 0 unspecified atom stereocenters. The molecule has 1 aromatic carbocycles. The summed E-state index contributed by atoms with van der Waals surface area (Å²) < 4.78 is 20.5. The zero-order valence-electron chi connectivity index (χ0n) is 14.0. The molecule has 8 heteroatoms. The number of alkyl halides is 1. The number of pyridine rings is 1. The fraction of sp³-hybridized carbons (Fsp3) is 0.167. The molecule has 0 saturated heterocycles. The van der Waals surface area contributed by atoms with E-state index in [1.807, 2.05) is 11.5 Å². The van der Waals surface area contributed by atoms with E-state index in [0.29, 0.717) is 29.0 Å². The summed E-state index contributed by atoms with van der Waals surface area (Å²) >= 11 is 0. The van der Waals surface area contributed by atoms with Gasteiger partial charge < -0.3 is 9.30 Å². The lowest BCUT2D eigenvalue weighted by molar-refractivity contribution is 0.192. The second kappa shape index (κ2) is 6.47. The molecule has 132 valence electrons. The average Bonchev–Trinajstić information content (AvgIpc) is 3.33. The Kier molecular flexibility index (Phi) is 4.00. The number of fused-ring (bicyclic) bond motifs is 1. The summed E-state index contributed by atoms with van der Waals surface area (Å²) in [5, 5.41) is 6.78. The van der Waals surface area contributed by atoms with Crippen molar-refractivity contribution in [1.29, 1.82) is 0 Å². The van der Waals surface area contributed by atoms with Crippen LogP contribution in [0.4, 0.5) is 4.39 Å². The van der Waals surface area contributed by atoms with Gasteiger partial charge in [-0.15, -0.1) is 0 Å². The van der Waals surface area contributed by atoms with Crippen LogP contribution in [-0.4, -0.2) is 31.2 Å². The van der Waals surface area contributed by atoms with Gasteiger partial charge in [0.05, 0.1) is 12.5 Å². The van der Waals surface area contributed by atoms with Crippen LogP contribution in [-0.2, 0) is 6.54 Å². The van der Waals surface area contributed by atoms with Crippen LogP contribution in [0, 0.1) is 0 Å². The first-order chi connectivity index (χ1) is 12.7. The highest BCUT2D eigenvalue weighted by molar-refractivity contribution is 5.91. The maximum Gasteiger partial charge on any atom is 0.281 e. The van der Waals surface area contributed by atoms with Gasteiger partial charge in [-0.2, -0.15) is 5.10 Å². The van der Waals surface area contributed by atoms with Crippen molar-refractivity contribution in [2.45, 2.75) is 13.5 Å². The molecule has 4 rings (SSSR count). The standard InChI is InChI=1S/C18H16FN5O2/c1-2-23-11-20-16-15(12-7-21-22-8-12)9-24(18(25)17(16)23)13-3-5-14(6-4-13)26-10-19/h3-9,11H,2,10H2,1H3,(H,21,22). The SMILES string of the molecule is CCn1cnc2c(-c3cn[nH]c3)cn(-c3ccc(OCF)cc3)c(=O)c21. The predicted molar refractivity (Wildman–Crippen MR) is 95.2 cm³/mol. The lowest BCUT2D eigenvalue weighted by Gasteiger charge is -2.11. The molecule has 0 aliphatic heterocycles. The number of H-pyrrole nitrogens is 1. The number of imidazole rings is 1. The third kappa shape index (κ3) is 2.55. The summed E-state index contributed by atoms with van der Waals surface area (Å²) in [7, 11) is 0. The van der Waals surface area contributed by atoms with Gasteiger partial charge in [-0.1, -0.05) is 0 Å². The second-order valence-corrected chi connectivity index (χ2v) is 5.68. The van der Waals surface area contributed by atoms with E-state index < -0.39 is 6.86 Å². The Morgan fingerprint density at radius 2 is 2.08 bits per heavy atom. The van der Waals surface area contributed by atoms with Crippen molar-refractivity contribution in [2.75, 3.05) is 6.86 Å². The van der Waals surface area contributed by atoms with E-state index in [0.717, 1.165) is 11.1 Å². The Bertz CT molecular complexity index is 1100. The summed E-state index contributed by atoms with van der Waals surface area (Å²) in [6.07, 6.45) is 6.85. The van der Waals surface area contributed by atoms with Gasteiger partial charge in [-0.3, -0.25) is 14.5 Å². The number of hydrogen-bond acceptors (Lipinski definition) is 4. The first kappa shape index (κ1) is 16.1. The van der Waals surface area contributed by atoms with Crippen LogP contribution in [0.3, 0.4) is 0 Å². The van der Waals surface area contributed by atoms with E-state index >= 15 is 0 Å². The van der Waals surface area contributed by atoms with Crippen molar-refractivity contribution in [2.24, 2.45) is 0 Å². The number of hydrogen-bond donors (Lipinski definition) is 1. The normalized spacial score (nSPS) is 11.2. The molecule has 3 aromatic heterocycles. The highest BCUT2D eigenvalue weighted by atomic mass is 19.1. The Labute approximate surface area is 147 Å². The van der Waals surface area contributed by atoms with E-state index in [-0.39, 0.29) is 5.56 Å². The van der Waals surface area contributed by atoms with Crippen LogP contribution in [0.15, 0.2) is 54.0 Å². The number of benzene rings is 1. The van der Waals surface area contributed by atoms with Crippen LogP contribution in [0.1, 0.15) is 6.92 Å². The molecule has 0 atom stereocenters. The molecule has 0 fully saturated rings. The van der Waals surface area contributed by atoms with Gasteiger partial charge in [-0.25, -0.2) is 9.37 Å². The van der Waals surface area contributed by atoms with Crippen LogP contribution < -0.4 is 10.3 Å². The monoisotopic (exact) mass is 353 g/mol. The maximum absolute atomic E-state index is 13.1. The molecule has 4 aromatic rings. The lowest BCUT2D eigenvalue weighted by Crippen LogP contribution is -2.20. The van der Waals surface area contributed by atoms with Crippen molar-refractivity contribution in [3.8, 4) is 22.6 Å². The van der Waals surface area contributed by atoms with Crippen LogP contribution in [0.2, 0.25) is 0 Å². The highest BCUT2D eigenvalue weighted by Gasteiger charge is 2.17. The number of halogens is 1. The third-order valence-corrected chi connectivity index (χ3v) is 4.26. The molecule has 26 heavy (non-hydrogen) atoms. The molecule has 0 amide bonds. The van der Waals surface area contributed by atoms with Crippen molar-refractivity contribution >= 4 is 11.0 Å². The number of nitrogens with one attached hydrogen (secondary N) is 1. The van der Waals surface area contributed by atoms with Gasteiger partial charge in [0.2, 0.25) is 6.86 Å². The number of aryl methyl sites for hydroxylation is 1. The van der Waals surface area contributed by atoms with Crippen molar-refractivity contribution in [1.82, 2.24) is 24.3 Å². The molecule has 0 saturated carbocycles. The summed E-state index contributed by atoms with van der Waals surface area (Å²) in [6, 6.07) is 6.68. The molecule has 0 bridgehead atoms. The van der Waals surface area contributed by atoms with Gasteiger partial charge in [0.1, 0.15) is 16.8 Å². The van der Waals surface area contributed by atoms with Gasteiger partial charge in [-0.05, 0) is 31.2 Å². The van der Waals surface area contributed by atoms with Gasteiger partial charge >= 0.3 is 0 Å². The number of aromatic amines is 1. The van der Waals surface area contributed by atoms with E-state index in [4.69, 9.17) is 4.74 Å². The molecule has 1 N–H and O–H groups in total. The van der Waals surface area contributed by atoms with Gasteiger partial charge in [0, 0.05) is 35.8 Å². The van der Waals surface area contributed by atoms with Crippen LogP contribution >= 0.6 is 0 Å². The summed E-state index contributed by atoms with van der Waals surface area (Å²) in [5.41, 5.74) is 3.26. The Balaban J connectivity index is 1.97. The van der Waals surface area contributed by atoms with Gasteiger partial charge in [0.25, 0.3) is 5.56 Å². The summed E-state index contributed by atoms with van der Waals surface area (Å²) in [5.74, 6) is 0.402. The third-order valence-electron chi connectivity index (χ3n) is 4.26. The van der Waals surface area contributed by atoms with E-state index in [2.05, 4.69) is 15.2 Å². The minimum atomic E-state index is -0.897. The molecule has 0 aliphatic carbocycles. The molecule has 7 nitrogen and oxygen atoms in total. The molecular weight excluding hydrogens is 337 g/mol. The topological polar surface area (TPSA) is 77.7 Å². The molecule has 0 aliphatic rings. The fourth-order valence-electron chi connectivity index (χ4n) is 2.97. The maximum atomic E-state index is 13.1. The van der Waals surface area contributed by atoms with Crippen molar-refractivity contribution in [3.63, 3.8) is 0 Å². The first-order valence-electron chi connectivity index (χ1n) is 8.11. The van der Waals surface area contributed by atoms with E-state index in [1.165, 1.54) is 0 Å². The number of rotatable bonds is 5. The molecule has 0 spiro atoms.